The van der Waals surface area contributed by atoms with E-state index in [1.54, 1.807) is 9.80 Å². The van der Waals surface area contributed by atoms with Crippen LogP contribution in [-0.4, -0.2) is 54.1 Å². The molecule has 0 aromatic heterocycles. The molecule has 1 aliphatic heterocycles. The molecular formula is C22H34N2O3. The molecule has 5 nitrogen and oxygen atoms in total. The number of amides is 2. The van der Waals surface area contributed by atoms with Crippen LogP contribution in [0.4, 0.5) is 4.79 Å². The van der Waals surface area contributed by atoms with Gasteiger partial charge in [0, 0.05) is 32.2 Å². The molecule has 2 rings (SSSR count). The van der Waals surface area contributed by atoms with Crippen molar-refractivity contribution in [1.82, 2.24) is 9.80 Å². The molecule has 1 aromatic rings. The van der Waals surface area contributed by atoms with Crippen molar-refractivity contribution in [2.45, 2.75) is 59.0 Å². The lowest BCUT2D eigenvalue weighted by atomic mass is 9.96. The fraction of sp³-hybridized carbons (Fsp3) is 0.636. The highest BCUT2D eigenvalue weighted by atomic mass is 16.6. The lowest BCUT2D eigenvalue weighted by Gasteiger charge is -2.34. The Labute approximate surface area is 163 Å². The van der Waals surface area contributed by atoms with Gasteiger partial charge in [-0.15, -0.1) is 0 Å². The second-order valence-corrected chi connectivity index (χ2v) is 8.87. The number of rotatable bonds is 4. The van der Waals surface area contributed by atoms with Crippen LogP contribution in [0.2, 0.25) is 0 Å². The van der Waals surface area contributed by atoms with E-state index >= 15 is 0 Å². The van der Waals surface area contributed by atoms with Gasteiger partial charge in [-0.05, 0) is 63.1 Å². The van der Waals surface area contributed by atoms with Crippen molar-refractivity contribution in [3.05, 3.63) is 35.4 Å². The first-order chi connectivity index (χ1) is 12.6. The molecule has 0 bridgehead atoms. The number of piperidine rings is 1. The predicted octanol–water partition coefficient (Wildman–Crippen LogP) is 4.53. The summed E-state index contributed by atoms with van der Waals surface area (Å²) < 4.78 is 5.44. The van der Waals surface area contributed by atoms with Crippen molar-refractivity contribution in [1.29, 1.82) is 0 Å². The van der Waals surface area contributed by atoms with Gasteiger partial charge in [0.05, 0.1) is 0 Å². The van der Waals surface area contributed by atoms with Crippen LogP contribution >= 0.6 is 0 Å². The average molecular weight is 375 g/mol. The minimum atomic E-state index is -0.467. The fourth-order valence-electron chi connectivity index (χ4n) is 3.33. The van der Waals surface area contributed by atoms with Crippen LogP contribution in [-0.2, 0) is 4.74 Å². The minimum absolute atomic E-state index is 0.0554. The zero-order valence-corrected chi connectivity index (χ0v) is 17.6. The number of ether oxygens (including phenoxy) is 1. The van der Waals surface area contributed by atoms with Gasteiger partial charge in [-0.25, -0.2) is 4.79 Å². The van der Waals surface area contributed by atoms with Gasteiger partial charge in [-0.2, -0.15) is 0 Å². The molecule has 0 N–H and O–H groups in total. The first-order valence-corrected chi connectivity index (χ1v) is 9.90. The van der Waals surface area contributed by atoms with Gasteiger partial charge in [0.15, 0.2) is 0 Å². The van der Waals surface area contributed by atoms with E-state index in [0.29, 0.717) is 31.5 Å². The normalized spacial score (nSPS) is 15.7. The third kappa shape index (κ3) is 6.26. The zero-order chi connectivity index (χ0) is 20.2. The molecular weight excluding hydrogens is 340 g/mol. The number of likely N-dealkylation sites (tertiary alicyclic amines) is 1. The number of hydrogen-bond acceptors (Lipinski definition) is 3. The summed E-state index contributed by atoms with van der Waals surface area (Å²) in [5, 5.41) is 0. The van der Waals surface area contributed by atoms with Crippen LogP contribution in [0.25, 0.3) is 0 Å². The van der Waals surface area contributed by atoms with Crippen LogP contribution in [0.1, 0.15) is 69.3 Å². The van der Waals surface area contributed by atoms with E-state index in [-0.39, 0.29) is 12.0 Å². The maximum Gasteiger partial charge on any atom is 0.410 e. The second-order valence-electron chi connectivity index (χ2n) is 8.87. The molecule has 0 saturated carbocycles. The van der Waals surface area contributed by atoms with Crippen molar-refractivity contribution in [2.24, 2.45) is 5.92 Å². The smallest absolute Gasteiger partial charge is 0.410 e. The molecule has 1 aliphatic rings. The van der Waals surface area contributed by atoms with Crippen molar-refractivity contribution in [3.8, 4) is 0 Å². The van der Waals surface area contributed by atoms with Crippen molar-refractivity contribution >= 4 is 12.0 Å². The third-order valence-corrected chi connectivity index (χ3v) is 4.97. The first kappa shape index (κ1) is 21.3. The van der Waals surface area contributed by atoms with Crippen molar-refractivity contribution in [2.75, 3.05) is 26.7 Å². The monoisotopic (exact) mass is 374 g/mol. The Morgan fingerprint density at radius 2 is 1.70 bits per heavy atom. The summed E-state index contributed by atoms with van der Waals surface area (Å²) >= 11 is 0. The maximum atomic E-state index is 12.7. The number of nitrogens with zero attached hydrogens (tertiary/aromatic N) is 2. The third-order valence-electron chi connectivity index (χ3n) is 4.97. The van der Waals surface area contributed by atoms with Crippen molar-refractivity contribution < 1.29 is 14.3 Å². The van der Waals surface area contributed by atoms with Gasteiger partial charge in [-0.1, -0.05) is 26.0 Å². The predicted molar refractivity (Wildman–Crippen MR) is 108 cm³/mol. The van der Waals surface area contributed by atoms with E-state index in [1.165, 1.54) is 5.56 Å². The molecule has 150 valence electrons. The molecule has 5 heteroatoms. The summed E-state index contributed by atoms with van der Waals surface area (Å²) in [5.41, 5.74) is 1.50. The van der Waals surface area contributed by atoms with Crippen molar-refractivity contribution in [3.63, 3.8) is 0 Å². The van der Waals surface area contributed by atoms with Gasteiger partial charge in [0.1, 0.15) is 5.60 Å². The summed E-state index contributed by atoms with van der Waals surface area (Å²) in [6.07, 6.45) is 1.54. The highest BCUT2D eigenvalue weighted by Gasteiger charge is 2.28. The van der Waals surface area contributed by atoms with E-state index in [2.05, 4.69) is 13.8 Å². The largest absolute Gasteiger partial charge is 0.444 e. The van der Waals surface area contributed by atoms with Crippen LogP contribution in [0.15, 0.2) is 24.3 Å². The Balaban J connectivity index is 1.84. The summed E-state index contributed by atoms with van der Waals surface area (Å²) in [7, 11) is 1.86. The van der Waals surface area contributed by atoms with E-state index in [9.17, 15) is 9.59 Å². The quantitative estimate of drug-likeness (QED) is 0.778. The summed E-state index contributed by atoms with van der Waals surface area (Å²) in [5.74, 6) is 0.925. The number of carbonyl (C=O) groups is 2. The summed E-state index contributed by atoms with van der Waals surface area (Å²) in [6.45, 7) is 12.0. The molecule has 27 heavy (non-hydrogen) atoms. The Hall–Kier alpha value is -2.04. The molecule has 1 fully saturated rings. The Morgan fingerprint density at radius 3 is 2.19 bits per heavy atom. The number of benzene rings is 1. The highest BCUT2D eigenvalue weighted by molar-refractivity contribution is 5.94. The van der Waals surface area contributed by atoms with Crippen LogP contribution in [0.3, 0.4) is 0 Å². The van der Waals surface area contributed by atoms with E-state index in [0.717, 1.165) is 18.4 Å². The van der Waals surface area contributed by atoms with Gasteiger partial charge >= 0.3 is 6.09 Å². The lowest BCUT2D eigenvalue weighted by Crippen LogP contribution is -2.44. The van der Waals surface area contributed by atoms with Gasteiger partial charge < -0.3 is 14.5 Å². The lowest BCUT2D eigenvalue weighted by molar-refractivity contribution is 0.0171. The zero-order valence-electron chi connectivity index (χ0n) is 17.6. The second kappa shape index (κ2) is 8.77. The topological polar surface area (TPSA) is 49.9 Å². The summed E-state index contributed by atoms with van der Waals surface area (Å²) in [6, 6.07) is 7.90. The molecule has 0 aliphatic carbocycles. The summed E-state index contributed by atoms with van der Waals surface area (Å²) in [4.78, 5) is 28.4. The van der Waals surface area contributed by atoms with E-state index < -0.39 is 5.60 Å². The number of hydrogen-bond donors (Lipinski definition) is 0. The van der Waals surface area contributed by atoms with E-state index in [1.807, 2.05) is 52.1 Å². The molecule has 1 aromatic carbocycles. The van der Waals surface area contributed by atoms with Crippen LogP contribution in [0, 0.1) is 5.92 Å². The Morgan fingerprint density at radius 1 is 1.15 bits per heavy atom. The molecule has 0 atom stereocenters. The maximum absolute atomic E-state index is 12.7. The molecule has 2 amide bonds. The van der Waals surface area contributed by atoms with Crippen LogP contribution in [0.5, 0.6) is 0 Å². The minimum Gasteiger partial charge on any atom is -0.444 e. The molecule has 1 heterocycles. The van der Waals surface area contributed by atoms with Gasteiger partial charge in [0.25, 0.3) is 5.91 Å². The van der Waals surface area contributed by atoms with Gasteiger partial charge in [0.2, 0.25) is 0 Å². The Kier molecular flexibility index (Phi) is 6.90. The molecule has 0 radical (unpaired) electrons. The average Bonchev–Trinajstić information content (AvgIpc) is 2.60. The molecule has 0 unspecified atom stereocenters. The van der Waals surface area contributed by atoms with Crippen LogP contribution < -0.4 is 0 Å². The first-order valence-electron chi connectivity index (χ1n) is 9.90. The standard InChI is InChI=1S/C22H34N2O3/c1-16(2)18-7-9-19(10-8-18)20(25)23(6)15-17-11-13-24(14-12-17)21(26)27-22(3,4)5/h7-10,16-17H,11-15H2,1-6H3. The highest BCUT2D eigenvalue weighted by Crippen LogP contribution is 2.21. The number of carbonyl (C=O) groups excluding carboxylic acids is 2. The molecule has 0 spiro atoms. The fourth-order valence-corrected chi connectivity index (χ4v) is 3.33. The SMILES string of the molecule is CC(C)c1ccc(C(=O)N(C)CC2CCN(C(=O)OC(C)(C)C)CC2)cc1. The Bertz CT molecular complexity index is 639. The van der Waals surface area contributed by atoms with E-state index in [4.69, 9.17) is 4.74 Å². The van der Waals surface area contributed by atoms with Gasteiger partial charge in [-0.3, -0.25) is 4.79 Å². The molecule has 1 saturated heterocycles.